The lowest BCUT2D eigenvalue weighted by Gasteiger charge is -2.16. The van der Waals surface area contributed by atoms with Gasteiger partial charge in [0.25, 0.3) is 0 Å². The molecule has 0 aliphatic heterocycles. The number of ether oxygens (including phenoxy) is 1. The molecule has 1 aromatic heterocycles. The Morgan fingerprint density at radius 3 is 2.23 bits per heavy atom. The van der Waals surface area contributed by atoms with Gasteiger partial charge in [-0.15, -0.1) is 0 Å². The van der Waals surface area contributed by atoms with Crippen LogP contribution in [0.25, 0.3) is 0 Å². The van der Waals surface area contributed by atoms with Crippen LogP contribution in [0.2, 0.25) is 0 Å². The molecule has 0 saturated carbocycles. The van der Waals surface area contributed by atoms with Crippen molar-refractivity contribution in [1.82, 2.24) is 4.57 Å². The van der Waals surface area contributed by atoms with E-state index in [0.29, 0.717) is 5.69 Å². The van der Waals surface area contributed by atoms with E-state index in [-0.39, 0.29) is 35.1 Å². The Labute approximate surface area is 174 Å². The molecule has 0 unspecified atom stereocenters. The number of sulfone groups is 1. The normalized spacial score (nSPS) is 11.2. The average molecular weight is 427 g/mol. The van der Waals surface area contributed by atoms with Crippen molar-refractivity contribution in [2.75, 3.05) is 5.75 Å². The van der Waals surface area contributed by atoms with Gasteiger partial charge < -0.3 is 14.4 Å². The molecule has 0 fully saturated rings. The van der Waals surface area contributed by atoms with Crippen LogP contribution in [0.3, 0.4) is 0 Å². The molecular formula is C22H21NO6S. The number of aryl methyl sites for hydroxylation is 1. The highest BCUT2D eigenvalue weighted by molar-refractivity contribution is 7.91. The van der Waals surface area contributed by atoms with E-state index < -0.39 is 21.2 Å². The number of carbonyl (C=O) groups is 1. The van der Waals surface area contributed by atoms with Crippen molar-refractivity contribution in [3.05, 3.63) is 93.9 Å². The van der Waals surface area contributed by atoms with Gasteiger partial charge in [0.05, 0.1) is 10.6 Å². The molecular weight excluding hydrogens is 406 g/mol. The Morgan fingerprint density at radius 1 is 1.03 bits per heavy atom. The van der Waals surface area contributed by atoms with Gasteiger partial charge in [0, 0.05) is 25.2 Å². The molecule has 0 radical (unpaired) electrons. The summed E-state index contributed by atoms with van der Waals surface area (Å²) < 4.78 is 31.9. The molecule has 3 aromatic rings. The number of aromatic nitrogens is 1. The largest absolute Gasteiger partial charge is 0.482 e. The Bertz CT molecular complexity index is 1200. The molecule has 3 rings (SSSR count). The molecule has 0 aliphatic rings. The number of rotatable bonds is 8. The van der Waals surface area contributed by atoms with Gasteiger partial charge in [0.15, 0.2) is 21.3 Å². The van der Waals surface area contributed by atoms with Crippen LogP contribution in [0.15, 0.2) is 76.4 Å². The molecule has 0 saturated heterocycles. The van der Waals surface area contributed by atoms with Gasteiger partial charge in [-0.05, 0) is 17.7 Å². The number of pyridine rings is 1. The maximum absolute atomic E-state index is 12.6. The quantitative estimate of drug-likeness (QED) is 0.593. The SMILES string of the molecule is Cn1c(CCS(=O)(=O)c2ccccc2)cc(=O)c(OCc2ccccc2)c1C(=O)O. The minimum absolute atomic E-state index is 0.0117. The summed E-state index contributed by atoms with van der Waals surface area (Å²) in [6.07, 6.45) is -0.0117. The molecule has 2 aromatic carbocycles. The van der Waals surface area contributed by atoms with E-state index in [9.17, 15) is 23.1 Å². The van der Waals surface area contributed by atoms with Crippen molar-refractivity contribution in [1.29, 1.82) is 0 Å². The summed E-state index contributed by atoms with van der Waals surface area (Å²) in [5, 5.41) is 9.64. The Kier molecular flexibility index (Phi) is 6.37. The van der Waals surface area contributed by atoms with Gasteiger partial charge in [-0.25, -0.2) is 13.2 Å². The maximum atomic E-state index is 12.6. The molecule has 8 heteroatoms. The van der Waals surface area contributed by atoms with Gasteiger partial charge in [-0.1, -0.05) is 48.5 Å². The van der Waals surface area contributed by atoms with Crippen LogP contribution in [0.5, 0.6) is 5.75 Å². The first-order chi connectivity index (χ1) is 14.3. The van der Waals surface area contributed by atoms with Crippen molar-refractivity contribution in [3.8, 4) is 5.75 Å². The standard InChI is InChI=1S/C22H21NO6S/c1-23-17(12-13-30(27,28)18-10-6-3-7-11-18)14-19(24)21(20(23)22(25)26)29-15-16-8-4-2-5-9-16/h2-11,14H,12-13,15H2,1H3,(H,25,26). The van der Waals surface area contributed by atoms with Crippen LogP contribution in [0.1, 0.15) is 21.7 Å². The lowest BCUT2D eigenvalue weighted by Crippen LogP contribution is -2.23. The summed E-state index contributed by atoms with van der Waals surface area (Å²) in [6, 6.07) is 18.3. The topological polar surface area (TPSA) is 103 Å². The van der Waals surface area contributed by atoms with Crippen LogP contribution in [0.4, 0.5) is 0 Å². The first kappa shape index (κ1) is 21.3. The summed E-state index contributed by atoms with van der Waals surface area (Å²) in [5.41, 5.74) is 0.164. The summed E-state index contributed by atoms with van der Waals surface area (Å²) >= 11 is 0. The third-order valence-corrected chi connectivity index (χ3v) is 6.39. The summed E-state index contributed by atoms with van der Waals surface area (Å²) in [5.74, 6) is -1.86. The minimum Gasteiger partial charge on any atom is -0.482 e. The Hall–Kier alpha value is -3.39. The van der Waals surface area contributed by atoms with Crippen molar-refractivity contribution >= 4 is 15.8 Å². The number of carboxylic acid groups (broad SMARTS) is 1. The molecule has 30 heavy (non-hydrogen) atoms. The molecule has 0 bridgehead atoms. The van der Waals surface area contributed by atoms with E-state index in [1.165, 1.54) is 29.8 Å². The molecule has 0 amide bonds. The fourth-order valence-electron chi connectivity index (χ4n) is 3.06. The zero-order valence-electron chi connectivity index (χ0n) is 16.3. The number of benzene rings is 2. The lowest BCUT2D eigenvalue weighted by atomic mass is 10.2. The van der Waals surface area contributed by atoms with Crippen LogP contribution in [-0.2, 0) is 29.9 Å². The third-order valence-electron chi connectivity index (χ3n) is 4.66. The predicted molar refractivity (Wildman–Crippen MR) is 112 cm³/mol. The molecule has 1 N–H and O–H groups in total. The average Bonchev–Trinajstić information content (AvgIpc) is 2.74. The van der Waals surface area contributed by atoms with Crippen molar-refractivity contribution < 1.29 is 23.1 Å². The number of hydrogen-bond acceptors (Lipinski definition) is 5. The molecule has 0 spiro atoms. The molecule has 7 nitrogen and oxygen atoms in total. The third kappa shape index (κ3) is 4.77. The number of carboxylic acids is 1. The number of aromatic carboxylic acids is 1. The molecule has 0 aliphatic carbocycles. The van der Waals surface area contributed by atoms with Gasteiger partial charge >= 0.3 is 5.97 Å². The van der Waals surface area contributed by atoms with Crippen LogP contribution in [-0.4, -0.2) is 29.8 Å². The maximum Gasteiger partial charge on any atom is 0.356 e. The van der Waals surface area contributed by atoms with Crippen LogP contribution in [0, 0.1) is 0 Å². The van der Waals surface area contributed by atoms with E-state index in [1.54, 1.807) is 30.3 Å². The molecule has 1 heterocycles. The first-order valence-corrected chi connectivity index (χ1v) is 10.9. The second-order valence-corrected chi connectivity index (χ2v) is 8.81. The summed E-state index contributed by atoms with van der Waals surface area (Å²) in [6.45, 7) is 0.0398. The zero-order valence-corrected chi connectivity index (χ0v) is 17.1. The predicted octanol–water partition coefficient (Wildman–Crippen LogP) is 2.68. The number of hydrogen-bond donors (Lipinski definition) is 1. The highest BCUT2D eigenvalue weighted by Gasteiger charge is 2.22. The van der Waals surface area contributed by atoms with Crippen molar-refractivity contribution in [2.45, 2.75) is 17.9 Å². The lowest BCUT2D eigenvalue weighted by molar-refractivity contribution is 0.0678. The highest BCUT2D eigenvalue weighted by atomic mass is 32.2. The minimum atomic E-state index is -3.57. The zero-order chi connectivity index (χ0) is 21.7. The van der Waals surface area contributed by atoms with E-state index >= 15 is 0 Å². The van der Waals surface area contributed by atoms with E-state index in [0.717, 1.165) is 5.56 Å². The van der Waals surface area contributed by atoms with E-state index in [2.05, 4.69) is 0 Å². The Balaban J connectivity index is 1.88. The smallest absolute Gasteiger partial charge is 0.356 e. The summed E-state index contributed by atoms with van der Waals surface area (Å²) in [4.78, 5) is 24.6. The van der Waals surface area contributed by atoms with Gasteiger partial charge in [-0.2, -0.15) is 0 Å². The monoisotopic (exact) mass is 427 g/mol. The second kappa shape index (κ2) is 8.96. The molecule has 0 atom stereocenters. The van der Waals surface area contributed by atoms with Gasteiger partial charge in [0.2, 0.25) is 5.43 Å². The van der Waals surface area contributed by atoms with Crippen molar-refractivity contribution in [3.63, 3.8) is 0 Å². The van der Waals surface area contributed by atoms with Crippen molar-refractivity contribution in [2.24, 2.45) is 7.05 Å². The fourth-order valence-corrected chi connectivity index (χ4v) is 4.35. The highest BCUT2D eigenvalue weighted by Crippen LogP contribution is 2.19. The second-order valence-electron chi connectivity index (χ2n) is 6.70. The fraction of sp³-hybridized carbons (Fsp3) is 0.182. The first-order valence-electron chi connectivity index (χ1n) is 9.20. The number of nitrogens with zero attached hydrogens (tertiary/aromatic N) is 1. The van der Waals surface area contributed by atoms with Gasteiger partial charge in [-0.3, -0.25) is 4.79 Å². The van der Waals surface area contributed by atoms with E-state index in [1.807, 2.05) is 18.2 Å². The summed E-state index contributed by atoms with van der Waals surface area (Å²) in [7, 11) is -2.10. The van der Waals surface area contributed by atoms with Gasteiger partial charge in [0.1, 0.15) is 6.61 Å². The van der Waals surface area contributed by atoms with E-state index in [4.69, 9.17) is 4.74 Å². The Morgan fingerprint density at radius 2 is 1.63 bits per heavy atom. The van der Waals surface area contributed by atoms with Crippen LogP contribution < -0.4 is 10.2 Å². The van der Waals surface area contributed by atoms with Crippen LogP contribution >= 0.6 is 0 Å². The molecule has 156 valence electrons.